The molecular formula is C20H16BrN3O2S. The molecule has 0 fully saturated rings. The number of amides is 1. The van der Waals surface area contributed by atoms with Gasteiger partial charge in [0.2, 0.25) is 5.91 Å². The van der Waals surface area contributed by atoms with E-state index < -0.39 is 0 Å². The second-order valence-electron chi connectivity index (χ2n) is 5.99. The number of hydrogen-bond donors (Lipinski definition) is 1. The van der Waals surface area contributed by atoms with Crippen molar-refractivity contribution in [2.24, 2.45) is 5.73 Å². The Kier molecular flexibility index (Phi) is 4.96. The highest BCUT2D eigenvalue weighted by Crippen LogP contribution is 2.37. The SMILES string of the molecule is NC(=O)Cc1sc(-c2cnc3ccccn23)cc1OCc1ccccc1Br. The minimum Gasteiger partial charge on any atom is -0.488 e. The van der Waals surface area contributed by atoms with Gasteiger partial charge in [0.1, 0.15) is 18.0 Å². The van der Waals surface area contributed by atoms with Crippen LogP contribution < -0.4 is 10.5 Å². The third-order valence-electron chi connectivity index (χ3n) is 4.12. The van der Waals surface area contributed by atoms with Gasteiger partial charge in [0, 0.05) is 22.3 Å². The summed E-state index contributed by atoms with van der Waals surface area (Å²) < 4.78 is 9.03. The van der Waals surface area contributed by atoms with Crippen LogP contribution in [-0.2, 0) is 17.8 Å². The second-order valence-corrected chi connectivity index (χ2v) is 7.98. The van der Waals surface area contributed by atoms with E-state index in [-0.39, 0.29) is 12.3 Å². The minimum absolute atomic E-state index is 0.146. The summed E-state index contributed by atoms with van der Waals surface area (Å²) in [6, 6.07) is 15.7. The molecule has 1 aromatic carbocycles. The molecule has 5 nitrogen and oxygen atoms in total. The summed E-state index contributed by atoms with van der Waals surface area (Å²) in [4.78, 5) is 17.7. The topological polar surface area (TPSA) is 69.6 Å². The number of pyridine rings is 1. The maximum absolute atomic E-state index is 11.5. The molecule has 1 amide bonds. The van der Waals surface area contributed by atoms with E-state index in [4.69, 9.17) is 10.5 Å². The van der Waals surface area contributed by atoms with Crippen molar-refractivity contribution < 1.29 is 9.53 Å². The van der Waals surface area contributed by atoms with E-state index in [0.717, 1.165) is 31.1 Å². The van der Waals surface area contributed by atoms with Gasteiger partial charge in [-0.15, -0.1) is 11.3 Å². The molecule has 0 unspecified atom stereocenters. The third-order valence-corrected chi connectivity index (χ3v) is 6.03. The lowest BCUT2D eigenvalue weighted by molar-refractivity contribution is -0.117. The fourth-order valence-electron chi connectivity index (χ4n) is 2.83. The first-order valence-electron chi connectivity index (χ1n) is 8.31. The van der Waals surface area contributed by atoms with Crippen LogP contribution in [0, 0.1) is 0 Å². The standard InChI is InChI=1S/C20H16BrN3O2S/c21-14-6-2-1-5-13(14)12-26-16-9-17(27-18(16)10-19(22)25)15-11-23-20-7-3-4-8-24(15)20/h1-9,11H,10,12H2,(H2,22,25). The highest BCUT2D eigenvalue weighted by atomic mass is 79.9. The van der Waals surface area contributed by atoms with Crippen LogP contribution in [0.5, 0.6) is 5.75 Å². The Labute approximate surface area is 168 Å². The van der Waals surface area contributed by atoms with Gasteiger partial charge in [-0.25, -0.2) is 4.98 Å². The van der Waals surface area contributed by atoms with E-state index in [2.05, 4.69) is 20.9 Å². The number of nitrogens with two attached hydrogens (primary N) is 1. The first kappa shape index (κ1) is 17.8. The number of carbonyl (C=O) groups is 1. The molecule has 0 aliphatic heterocycles. The molecule has 0 saturated carbocycles. The number of aromatic nitrogens is 2. The first-order chi connectivity index (χ1) is 13.1. The minimum atomic E-state index is -0.382. The van der Waals surface area contributed by atoms with Crippen molar-refractivity contribution in [3.63, 3.8) is 0 Å². The summed E-state index contributed by atoms with van der Waals surface area (Å²) in [5.41, 5.74) is 8.29. The molecule has 136 valence electrons. The van der Waals surface area contributed by atoms with Crippen molar-refractivity contribution in [2.45, 2.75) is 13.0 Å². The molecule has 27 heavy (non-hydrogen) atoms. The number of carbonyl (C=O) groups excluding carboxylic acids is 1. The summed E-state index contributed by atoms with van der Waals surface area (Å²) in [5, 5.41) is 0. The van der Waals surface area contributed by atoms with E-state index in [0.29, 0.717) is 12.4 Å². The number of ether oxygens (including phenoxy) is 1. The fourth-order valence-corrected chi connectivity index (χ4v) is 4.35. The zero-order valence-electron chi connectivity index (χ0n) is 14.3. The summed E-state index contributed by atoms with van der Waals surface area (Å²) in [6.07, 6.45) is 3.94. The molecule has 0 aliphatic carbocycles. The number of rotatable bonds is 6. The van der Waals surface area contributed by atoms with Gasteiger partial charge in [-0.2, -0.15) is 0 Å². The van der Waals surface area contributed by atoms with Gasteiger partial charge in [-0.1, -0.05) is 40.2 Å². The van der Waals surface area contributed by atoms with Crippen molar-refractivity contribution in [3.8, 4) is 16.3 Å². The summed E-state index contributed by atoms with van der Waals surface area (Å²) in [5.74, 6) is 0.294. The molecule has 4 rings (SSSR count). The third kappa shape index (κ3) is 3.74. The molecule has 3 aromatic heterocycles. The van der Waals surface area contributed by atoms with Gasteiger partial charge < -0.3 is 10.5 Å². The molecule has 0 saturated heterocycles. The molecule has 0 radical (unpaired) electrons. The number of fused-ring (bicyclic) bond motifs is 1. The van der Waals surface area contributed by atoms with Gasteiger partial charge in [-0.3, -0.25) is 9.20 Å². The molecule has 7 heteroatoms. The van der Waals surface area contributed by atoms with E-state index in [9.17, 15) is 4.79 Å². The lowest BCUT2D eigenvalue weighted by Gasteiger charge is -2.08. The van der Waals surface area contributed by atoms with Gasteiger partial charge in [0.25, 0.3) is 0 Å². The van der Waals surface area contributed by atoms with Crippen LogP contribution in [0.25, 0.3) is 16.2 Å². The monoisotopic (exact) mass is 441 g/mol. The number of hydrogen-bond acceptors (Lipinski definition) is 4. The molecule has 3 heterocycles. The van der Waals surface area contributed by atoms with Gasteiger partial charge in [0.15, 0.2) is 0 Å². The van der Waals surface area contributed by atoms with Crippen LogP contribution in [0.15, 0.2) is 65.4 Å². The van der Waals surface area contributed by atoms with Crippen LogP contribution in [0.1, 0.15) is 10.4 Å². The summed E-state index contributed by atoms with van der Waals surface area (Å²) in [7, 11) is 0. The number of imidazole rings is 1. The Morgan fingerprint density at radius 3 is 2.85 bits per heavy atom. The second kappa shape index (κ2) is 7.54. The summed E-state index contributed by atoms with van der Waals surface area (Å²) in [6.45, 7) is 0.399. The molecule has 4 aromatic rings. The van der Waals surface area contributed by atoms with Gasteiger partial charge in [-0.05, 0) is 18.2 Å². The molecule has 0 bridgehead atoms. The highest BCUT2D eigenvalue weighted by Gasteiger charge is 2.16. The van der Waals surface area contributed by atoms with Crippen molar-refractivity contribution in [1.82, 2.24) is 9.38 Å². The van der Waals surface area contributed by atoms with E-state index in [1.54, 1.807) is 0 Å². The maximum atomic E-state index is 11.5. The Morgan fingerprint density at radius 2 is 2.04 bits per heavy atom. The first-order valence-corrected chi connectivity index (χ1v) is 9.92. The van der Waals surface area contributed by atoms with Crippen LogP contribution in [0.2, 0.25) is 0 Å². The summed E-state index contributed by atoms with van der Waals surface area (Å²) >= 11 is 5.03. The quantitative estimate of drug-likeness (QED) is 0.480. The predicted molar refractivity (Wildman–Crippen MR) is 110 cm³/mol. The molecular weight excluding hydrogens is 426 g/mol. The largest absolute Gasteiger partial charge is 0.488 e. The van der Waals surface area contributed by atoms with E-state index >= 15 is 0 Å². The van der Waals surface area contributed by atoms with Gasteiger partial charge >= 0.3 is 0 Å². The van der Waals surface area contributed by atoms with E-state index in [1.165, 1.54) is 11.3 Å². The normalized spacial score (nSPS) is 11.0. The number of thiophene rings is 1. The molecule has 2 N–H and O–H groups in total. The fraction of sp³-hybridized carbons (Fsp3) is 0.100. The number of nitrogens with zero attached hydrogens (tertiary/aromatic N) is 2. The highest BCUT2D eigenvalue weighted by molar-refractivity contribution is 9.10. The Balaban J connectivity index is 1.68. The van der Waals surface area contributed by atoms with Crippen LogP contribution in [0.3, 0.4) is 0 Å². The Bertz CT molecular complexity index is 1120. The number of benzene rings is 1. The van der Waals surface area contributed by atoms with Crippen molar-refractivity contribution in [3.05, 3.63) is 75.8 Å². The lowest BCUT2D eigenvalue weighted by Crippen LogP contribution is -2.13. The van der Waals surface area contributed by atoms with Crippen LogP contribution in [-0.4, -0.2) is 15.3 Å². The van der Waals surface area contributed by atoms with Gasteiger partial charge in [0.05, 0.1) is 28.1 Å². The average molecular weight is 442 g/mol. The van der Waals surface area contributed by atoms with Crippen molar-refractivity contribution >= 4 is 38.8 Å². The Morgan fingerprint density at radius 1 is 1.22 bits per heavy atom. The molecule has 0 atom stereocenters. The molecule has 0 aliphatic rings. The van der Waals surface area contributed by atoms with Crippen molar-refractivity contribution in [2.75, 3.05) is 0 Å². The van der Waals surface area contributed by atoms with Crippen LogP contribution >= 0.6 is 27.3 Å². The smallest absolute Gasteiger partial charge is 0.222 e. The van der Waals surface area contributed by atoms with E-state index in [1.807, 2.05) is 65.3 Å². The number of halogens is 1. The molecule has 0 spiro atoms. The zero-order valence-corrected chi connectivity index (χ0v) is 16.7. The zero-order chi connectivity index (χ0) is 18.8. The Hall–Kier alpha value is -2.64. The average Bonchev–Trinajstić information content (AvgIpc) is 3.24. The maximum Gasteiger partial charge on any atom is 0.222 e. The van der Waals surface area contributed by atoms with Crippen LogP contribution in [0.4, 0.5) is 0 Å². The predicted octanol–water partition coefficient (Wildman–Crippen LogP) is 4.43. The van der Waals surface area contributed by atoms with Crippen molar-refractivity contribution in [1.29, 1.82) is 0 Å². The number of primary amides is 1. The lowest BCUT2D eigenvalue weighted by atomic mass is 10.2.